The van der Waals surface area contributed by atoms with Gasteiger partial charge in [0.05, 0.1) is 0 Å². The van der Waals surface area contributed by atoms with Crippen molar-refractivity contribution in [1.82, 2.24) is 0 Å². The molecule has 0 saturated heterocycles. The molecule has 0 aliphatic carbocycles. The van der Waals surface area contributed by atoms with Crippen molar-refractivity contribution >= 4 is 15.8 Å². The summed E-state index contributed by atoms with van der Waals surface area (Å²) in [5.41, 5.74) is 1.85. The minimum Gasteiger partial charge on any atom is -0.102 e. The molecule has 0 N–H and O–H groups in total. The van der Waals surface area contributed by atoms with Gasteiger partial charge in [-0.15, -0.1) is 7.92 Å². The second-order valence-electron chi connectivity index (χ2n) is 3.43. The Hall–Kier alpha value is 0.495. The molecule has 0 bridgehead atoms. The Bertz CT molecular complexity index is 73.3. The maximum Gasteiger partial charge on any atom is 0.101 e. The minimum absolute atomic E-state index is 0.321. The van der Waals surface area contributed by atoms with Crippen molar-refractivity contribution in [3.63, 3.8) is 0 Å². The molecule has 0 rings (SSSR count). The lowest BCUT2D eigenvalue weighted by Gasteiger charge is -2.25. The Labute approximate surface area is 67.9 Å². The van der Waals surface area contributed by atoms with Crippen LogP contribution in [0.15, 0.2) is 0 Å². The van der Waals surface area contributed by atoms with Crippen LogP contribution >= 0.6 is 7.92 Å². The first-order valence-electron chi connectivity index (χ1n) is 4.35. The van der Waals surface area contributed by atoms with Crippen molar-refractivity contribution in [3.8, 4) is 0 Å². The second kappa shape index (κ2) is 5.19. The summed E-state index contributed by atoms with van der Waals surface area (Å²) in [6.07, 6.45) is 2.83. The van der Waals surface area contributed by atoms with E-state index in [1.807, 2.05) is 0 Å². The normalized spacial score (nSPS) is 11.9. The van der Waals surface area contributed by atoms with Crippen LogP contribution in [0.25, 0.3) is 0 Å². The van der Waals surface area contributed by atoms with Gasteiger partial charge < -0.3 is 0 Å². The van der Waals surface area contributed by atoms with Crippen LogP contribution in [0.5, 0.6) is 0 Å². The number of hydrogen-bond acceptors (Lipinski definition) is 0. The van der Waals surface area contributed by atoms with E-state index in [2.05, 4.69) is 35.5 Å². The average Bonchev–Trinajstić information content (AvgIpc) is 1.81. The summed E-state index contributed by atoms with van der Waals surface area (Å²) >= 11 is 0. The molecule has 0 nitrogen and oxygen atoms in total. The molecule has 0 aromatic rings. The molecule has 0 aromatic carbocycles. The molecule has 0 fully saturated rings. The van der Waals surface area contributed by atoms with Crippen molar-refractivity contribution in [2.45, 2.75) is 45.3 Å². The van der Waals surface area contributed by atoms with Crippen LogP contribution in [0, 0.1) is 0 Å². The zero-order valence-electron chi connectivity index (χ0n) is 8.02. The van der Waals surface area contributed by atoms with E-state index in [-0.39, 0.29) is 0 Å². The second-order valence-corrected chi connectivity index (χ2v) is 6.97. The van der Waals surface area contributed by atoms with E-state index in [1.54, 1.807) is 0 Å². The molecule has 0 radical (unpaired) electrons. The zero-order chi connectivity index (χ0) is 8.15. The van der Waals surface area contributed by atoms with Crippen LogP contribution in [-0.2, 0) is 0 Å². The maximum atomic E-state index is 2.36. The Morgan fingerprint density at radius 2 is 1.50 bits per heavy atom. The van der Waals surface area contributed by atoms with E-state index in [4.69, 9.17) is 0 Å². The van der Waals surface area contributed by atoms with Crippen molar-refractivity contribution in [3.05, 3.63) is 0 Å². The van der Waals surface area contributed by atoms with Gasteiger partial charge in [-0.25, -0.2) is 0 Å². The SMILES string of the molecule is BCCP(C(C)C)C(C)C. The van der Waals surface area contributed by atoms with Gasteiger partial charge in [-0.1, -0.05) is 34.0 Å². The number of hydrogen-bond donors (Lipinski definition) is 0. The predicted molar refractivity (Wildman–Crippen MR) is 55.4 cm³/mol. The Morgan fingerprint density at radius 1 is 1.10 bits per heavy atom. The standard InChI is InChI=1S/C8H20BP/c1-7(2)10(6-5-9)8(3)4/h7-8H,5-6,9H2,1-4H3. The molecule has 0 unspecified atom stereocenters. The summed E-state index contributed by atoms with van der Waals surface area (Å²) in [5, 5.41) is 0. The van der Waals surface area contributed by atoms with Gasteiger partial charge in [-0.05, 0) is 17.5 Å². The zero-order valence-corrected chi connectivity index (χ0v) is 8.91. The molecular formula is C8H20BP. The van der Waals surface area contributed by atoms with E-state index in [0.717, 1.165) is 11.3 Å². The lowest BCUT2D eigenvalue weighted by molar-refractivity contribution is 1.00. The van der Waals surface area contributed by atoms with Gasteiger partial charge in [0.25, 0.3) is 0 Å². The maximum absolute atomic E-state index is 2.36. The lowest BCUT2D eigenvalue weighted by Crippen LogP contribution is -2.06. The first kappa shape index (κ1) is 10.5. The topological polar surface area (TPSA) is 0 Å². The van der Waals surface area contributed by atoms with Gasteiger partial charge in [0.15, 0.2) is 0 Å². The van der Waals surface area contributed by atoms with Gasteiger partial charge in [-0.3, -0.25) is 0 Å². The third-order valence-corrected chi connectivity index (χ3v) is 5.43. The monoisotopic (exact) mass is 158 g/mol. The van der Waals surface area contributed by atoms with Crippen molar-refractivity contribution in [2.24, 2.45) is 0 Å². The predicted octanol–water partition coefficient (Wildman–Crippen LogP) is 2.34. The smallest absolute Gasteiger partial charge is 0.101 e. The lowest BCUT2D eigenvalue weighted by atomic mass is 10.1. The van der Waals surface area contributed by atoms with Crippen molar-refractivity contribution < 1.29 is 0 Å². The summed E-state index contributed by atoms with van der Waals surface area (Å²) in [6.45, 7) is 9.45. The van der Waals surface area contributed by atoms with Gasteiger partial charge in [0.1, 0.15) is 7.85 Å². The molecule has 0 aliphatic heterocycles. The summed E-state index contributed by atoms with van der Waals surface area (Å²) in [7, 11) is 2.61. The molecule has 0 aromatic heterocycles. The van der Waals surface area contributed by atoms with Crippen molar-refractivity contribution in [2.75, 3.05) is 6.16 Å². The van der Waals surface area contributed by atoms with E-state index in [9.17, 15) is 0 Å². The van der Waals surface area contributed by atoms with Crippen LogP contribution in [0.2, 0.25) is 6.32 Å². The first-order chi connectivity index (χ1) is 4.59. The fourth-order valence-corrected chi connectivity index (χ4v) is 4.11. The Kier molecular flexibility index (Phi) is 5.44. The molecule has 10 heavy (non-hydrogen) atoms. The van der Waals surface area contributed by atoms with Crippen LogP contribution in [0.3, 0.4) is 0 Å². The van der Waals surface area contributed by atoms with Gasteiger partial charge in [0.2, 0.25) is 0 Å². The summed E-state index contributed by atoms with van der Waals surface area (Å²) in [4.78, 5) is 0. The quantitative estimate of drug-likeness (QED) is 0.435. The van der Waals surface area contributed by atoms with Crippen LogP contribution < -0.4 is 0 Å². The number of rotatable bonds is 4. The molecule has 0 amide bonds. The van der Waals surface area contributed by atoms with E-state index < -0.39 is 0 Å². The molecule has 0 heterocycles. The highest BCUT2D eigenvalue weighted by molar-refractivity contribution is 7.59. The summed E-state index contributed by atoms with van der Waals surface area (Å²) < 4.78 is 0. The fourth-order valence-electron chi connectivity index (χ4n) is 1.37. The highest BCUT2D eigenvalue weighted by atomic mass is 31.1. The van der Waals surface area contributed by atoms with Gasteiger partial charge in [0, 0.05) is 0 Å². The average molecular weight is 158 g/mol. The van der Waals surface area contributed by atoms with Crippen LogP contribution in [0.1, 0.15) is 27.7 Å². The molecule has 60 valence electrons. The molecule has 0 atom stereocenters. The van der Waals surface area contributed by atoms with Gasteiger partial charge in [-0.2, -0.15) is 0 Å². The third kappa shape index (κ3) is 3.61. The largest absolute Gasteiger partial charge is 0.102 e. The van der Waals surface area contributed by atoms with E-state index in [1.165, 1.54) is 12.5 Å². The molecule has 2 heteroatoms. The fraction of sp³-hybridized carbons (Fsp3) is 1.00. The highest BCUT2D eigenvalue weighted by Crippen LogP contribution is 2.45. The van der Waals surface area contributed by atoms with Gasteiger partial charge >= 0.3 is 0 Å². The van der Waals surface area contributed by atoms with Crippen molar-refractivity contribution in [1.29, 1.82) is 0 Å². The summed E-state index contributed by atoms with van der Waals surface area (Å²) in [5.74, 6) is 0. The first-order valence-corrected chi connectivity index (χ1v) is 6.01. The molecule has 0 saturated carbocycles. The minimum atomic E-state index is 0.321. The molecular weight excluding hydrogens is 138 g/mol. The molecule has 0 spiro atoms. The molecule has 0 aliphatic rings. The van der Waals surface area contributed by atoms with Crippen LogP contribution in [-0.4, -0.2) is 25.3 Å². The van der Waals surface area contributed by atoms with E-state index in [0.29, 0.717) is 7.92 Å². The van der Waals surface area contributed by atoms with Crippen LogP contribution in [0.4, 0.5) is 0 Å². The Balaban J connectivity index is 3.73. The Morgan fingerprint density at radius 3 is 1.60 bits per heavy atom. The third-order valence-electron chi connectivity index (χ3n) is 1.81. The highest BCUT2D eigenvalue weighted by Gasteiger charge is 2.14. The van der Waals surface area contributed by atoms with E-state index >= 15 is 0 Å². The summed E-state index contributed by atoms with van der Waals surface area (Å²) in [6, 6.07) is 0.